The third kappa shape index (κ3) is 2.63. The van der Waals surface area contributed by atoms with E-state index in [1.165, 1.54) is 0 Å². The van der Waals surface area contributed by atoms with E-state index in [-0.39, 0.29) is 5.56 Å². The molecule has 0 aromatic carbocycles. The first-order valence-electron chi connectivity index (χ1n) is 8.90. The lowest BCUT2D eigenvalue weighted by Crippen LogP contribution is -2.13. The molecule has 140 valence electrons. The van der Waals surface area contributed by atoms with E-state index in [1.54, 1.807) is 34.4 Å². The summed E-state index contributed by atoms with van der Waals surface area (Å²) < 4.78 is 3.75. The fourth-order valence-corrected chi connectivity index (χ4v) is 4.41. The number of aromatic nitrogens is 7. The molecule has 0 amide bonds. The molecular formula is C19H17N7OS. The lowest BCUT2D eigenvalue weighted by molar-refractivity contribution is 0.678. The molecule has 0 fully saturated rings. The maximum Gasteiger partial charge on any atom is 0.259 e. The Balaban J connectivity index is 1.47. The molecule has 5 heterocycles. The van der Waals surface area contributed by atoms with Crippen LogP contribution in [0.2, 0.25) is 0 Å². The van der Waals surface area contributed by atoms with Crippen LogP contribution in [0.5, 0.6) is 0 Å². The number of fused-ring (bicyclic) bond motifs is 2. The second-order valence-electron chi connectivity index (χ2n) is 6.62. The van der Waals surface area contributed by atoms with Gasteiger partial charge in [-0.3, -0.25) is 4.79 Å². The zero-order valence-electron chi connectivity index (χ0n) is 15.4. The summed E-state index contributed by atoms with van der Waals surface area (Å²) in [5.74, 6) is 1.47. The van der Waals surface area contributed by atoms with Gasteiger partial charge in [0.1, 0.15) is 16.5 Å². The summed E-state index contributed by atoms with van der Waals surface area (Å²) in [5, 5.41) is 5.03. The van der Waals surface area contributed by atoms with Gasteiger partial charge in [-0.1, -0.05) is 0 Å². The third-order valence-electron chi connectivity index (χ3n) is 4.91. The Morgan fingerprint density at radius 3 is 2.96 bits per heavy atom. The Kier molecular flexibility index (Phi) is 3.83. The number of aromatic amines is 1. The second-order valence-corrected chi connectivity index (χ2v) is 7.82. The van der Waals surface area contributed by atoms with Gasteiger partial charge in [0, 0.05) is 42.6 Å². The summed E-state index contributed by atoms with van der Waals surface area (Å²) in [6.07, 6.45) is 9.63. The quantitative estimate of drug-likeness (QED) is 0.508. The zero-order valence-corrected chi connectivity index (χ0v) is 16.2. The highest BCUT2D eigenvalue weighted by Gasteiger charge is 2.15. The number of thiophene rings is 1. The van der Waals surface area contributed by atoms with Gasteiger partial charge in [-0.2, -0.15) is 5.10 Å². The lowest BCUT2D eigenvalue weighted by atomic mass is 10.2. The van der Waals surface area contributed by atoms with Crippen molar-refractivity contribution in [2.45, 2.75) is 26.8 Å². The SMILES string of the molecule is Cc1sc2nc(CCn3ccnc3-c3cnn4cccnc34)[nH]c(=O)c2c1C. The standard InChI is InChI=1S/C19H17N7OS/c1-11-12(2)28-19-15(11)18(27)23-14(24-19)4-8-25-9-6-21-16(25)13-10-22-26-7-3-5-20-17(13)26/h3,5-7,9-10H,4,8H2,1-2H3,(H,23,24,27). The highest BCUT2D eigenvalue weighted by atomic mass is 32.1. The van der Waals surface area contributed by atoms with Crippen molar-refractivity contribution in [3.8, 4) is 11.4 Å². The van der Waals surface area contributed by atoms with Gasteiger partial charge in [-0.05, 0) is 25.5 Å². The molecular weight excluding hydrogens is 374 g/mol. The van der Waals surface area contributed by atoms with Gasteiger partial charge in [-0.15, -0.1) is 11.3 Å². The molecule has 0 bridgehead atoms. The van der Waals surface area contributed by atoms with Crippen molar-refractivity contribution in [3.63, 3.8) is 0 Å². The van der Waals surface area contributed by atoms with Crippen molar-refractivity contribution in [3.05, 3.63) is 63.7 Å². The Bertz CT molecular complexity index is 1370. The van der Waals surface area contributed by atoms with Crippen molar-refractivity contribution in [2.75, 3.05) is 0 Å². The molecule has 28 heavy (non-hydrogen) atoms. The molecule has 0 saturated carbocycles. The van der Waals surface area contributed by atoms with E-state index >= 15 is 0 Å². The van der Waals surface area contributed by atoms with Gasteiger partial charge in [0.15, 0.2) is 5.65 Å². The number of nitrogens with zero attached hydrogens (tertiary/aromatic N) is 6. The number of hydrogen-bond donors (Lipinski definition) is 1. The van der Waals surface area contributed by atoms with E-state index in [9.17, 15) is 4.79 Å². The molecule has 5 rings (SSSR count). The molecule has 5 aromatic heterocycles. The minimum absolute atomic E-state index is 0.0699. The van der Waals surface area contributed by atoms with Crippen LogP contribution in [-0.4, -0.2) is 34.1 Å². The molecule has 8 nitrogen and oxygen atoms in total. The van der Waals surface area contributed by atoms with Crippen LogP contribution in [0.4, 0.5) is 0 Å². The highest BCUT2D eigenvalue weighted by Crippen LogP contribution is 2.26. The van der Waals surface area contributed by atoms with Crippen LogP contribution >= 0.6 is 11.3 Å². The Hall–Kier alpha value is -3.33. The first kappa shape index (κ1) is 16.8. The van der Waals surface area contributed by atoms with Crippen molar-refractivity contribution >= 4 is 27.2 Å². The van der Waals surface area contributed by atoms with E-state index in [4.69, 9.17) is 0 Å². The van der Waals surface area contributed by atoms with Crippen LogP contribution in [0.15, 0.2) is 41.8 Å². The van der Waals surface area contributed by atoms with Crippen LogP contribution in [0.25, 0.3) is 27.3 Å². The van der Waals surface area contributed by atoms with E-state index in [0.29, 0.717) is 24.2 Å². The summed E-state index contributed by atoms with van der Waals surface area (Å²) in [4.78, 5) is 30.9. The molecule has 0 unspecified atom stereocenters. The number of aryl methyl sites for hydroxylation is 4. The summed E-state index contributed by atoms with van der Waals surface area (Å²) in [6, 6.07) is 1.84. The maximum atomic E-state index is 12.5. The summed E-state index contributed by atoms with van der Waals surface area (Å²) in [6.45, 7) is 4.62. The van der Waals surface area contributed by atoms with E-state index in [1.807, 2.05) is 36.9 Å². The molecule has 0 saturated heterocycles. The Morgan fingerprint density at radius 2 is 2.07 bits per heavy atom. The normalized spacial score (nSPS) is 11.6. The van der Waals surface area contributed by atoms with Crippen LogP contribution < -0.4 is 5.56 Å². The largest absolute Gasteiger partial charge is 0.330 e. The number of imidazole rings is 1. The van der Waals surface area contributed by atoms with Gasteiger partial charge in [-0.25, -0.2) is 19.5 Å². The summed E-state index contributed by atoms with van der Waals surface area (Å²) in [5.41, 5.74) is 2.57. The fraction of sp³-hybridized carbons (Fsp3) is 0.211. The Morgan fingerprint density at radius 1 is 1.18 bits per heavy atom. The van der Waals surface area contributed by atoms with Crippen molar-refractivity contribution in [2.24, 2.45) is 0 Å². The monoisotopic (exact) mass is 391 g/mol. The first-order chi connectivity index (χ1) is 13.6. The fourth-order valence-electron chi connectivity index (χ4n) is 3.36. The van der Waals surface area contributed by atoms with E-state index in [0.717, 1.165) is 32.3 Å². The molecule has 0 radical (unpaired) electrons. The van der Waals surface area contributed by atoms with E-state index < -0.39 is 0 Å². The molecule has 0 spiro atoms. The van der Waals surface area contributed by atoms with Gasteiger partial charge >= 0.3 is 0 Å². The molecule has 0 atom stereocenters. The average Bonchev–Trinajstić information content (AvgIpc) is 3.38. The lowest BCUT2D eigenvalue weighted by Gasteiger charge is -2.07. The second kappa shape index (κ2) is 6.38. The number of rotatable bonds is 4. The van der Waals surface area contributed by atoms with Crippen LogP contribution in [-0.2, 0) is 13.0 Å². The Labute approximate surface area is 163 Å². The molecule has 9 heteroatoms. The topological polar surface area (TPSA) is 93.8 Å². The minimum atomic E-state index is -0.0699. The predicted octanol–water partition coefficient (Wildman–Crippen LogP) is 2.75. The van der Waals surface area contributed by atoms with Crippen LogP contribution in [0.3, 0.4) is 0 Å². The van der Waals surface area contributed by atoms with Gasteiger partial charge in [0.05, 0.1) is 17.1 Å². The molecule has 1 N–H and O–H groups in total. The maximum absolute atomic E-state index is 12.5. The summed E-state index contributed by atoms with van der Waals surface area (Å²) in [7, 11) is 0. The third-order valence-corrected chi connectivity index (χ3v) is 6.01. The predicted molar refractivity (Wildman–Crippen MR) is 108 cm³/mol. The highest BCUT2D eigenvalue weighted by molar-refractivity contribution is 7.18. The molecule has 0 aliphatic carbocycles. The number of H-pyrrole nitrogens is 1. The molecule has 0 aliphatic heterocycles. The van der Waals surface area contributed by atoms with Crippen molar-refractivity contribution in [1.29, 1.82) is 0 Å². The number of hydrogen-bond acceptors (Lipinski definition) is 6. The van der Waals surface area contributed by atoms with Gasteiger partial charge < -0.3 is 9.55 Å². The van der Waals surface area contributed by atoms with Gasteiger partial charge in [0.25, 0.3) is 5.56 Å². The first-order valence-corrected chi connectivity index (χ1v) is 9.72. The molecule has 5 aromatic rings. The van der Waals surface area contributed by atoms with Crippen molar-refractivity contribution < 1.29 is 0 Å². The van der Waals surface area contributed by atoms with Crippen molar-refractivity contribution in [1.82, 2.24) is 34.1 Å². The zero-order chi connectivity index (χ0) is 19.3. The van der Waals surface area contributed by atoms with E-state index in [2.05, 4.69) is 25.0 Å². The number of nitrogens with one attached hydrogen (secondary N) is 1. The van der Waals surface area contributed by atoms with Gasteiger partial charge in [0.2, 0.25) is 0 Å². The molecule has 0 aliphatic rings. The minimum Gasteiger partial charge on any atom is -0.330 e. The average molecular weight is 391 g/mol. The summed E-state index contributed by atoms with van der Waals surface area (Å²) >= 11 is 1.56. The van der Waals surface area contributed by atoms with Crippen LogP contribution in [0, 0.1) is 13.8 Å². The smallest absolute Gasteiger partial charge is 0.259 e. The van der Waals surface area contributed by atoms with Crippen LogP contribution in [0.1, 0.15) is 16.3 Å².